The second kappa shape index (κ2) is 7.24. The Morgan fingerprint density at radius 2 is 1.78 bits per heavy atom. The summed E-state index contributed by atoms with van der Waals surface area (Å²) in [5, 5.41) is 9.39. The highest BCUT2D eigenvalue weighted by atomic mass is 32.2. The summed E-state index contributed by atoms with van der Waals surface area (Å²) >= 11 is 1.56. The van der Waals surface area contributed by atoms with Gasteiger partial charge in [0.25, 0.3) is 0 Å². The number of hydrogen-bond acceptors (Lipinski definition) is 3. The van der Waals surface area contributed by atoms with E-state index in [1.54, 1.807) is 23.9 Å². The summed E-state index contributed by atoms with van der Waals surface area (Å²) in [6.45, 7) is 3.74. The Hall–Kier alpha value is -2.40. The first-order chi connectivity index (χ1) is 11.3. The maximum atomic E-state index is 13.2. The fourth-order valence-corrected chi connectivity index (χ4v) is 2.98. The lowest BCUT2D eigenvalue weighted by Gasteiger charge is -2.10. The van der Waals surface area contributed by atoms with Crippen molar-refractivity contribution in [2.45, 2.75) is 11.6 Å². The Balaban J connectivity index is 2.00. The van der Waals surface area contributed by atoms with E-state index in [0.717, 1.165) is 28.0 Å². The van der Waals surface area contributed by atoms with Crippen molar-refractivity contribution < 1.29 is 4.39 Å². The van der Waals surface area contributed by atoms with Crippen LogP contribution in [0.1, 0.15) is 11.4 Å². The molecular weight excluding hydrogens is 309 g/mol. The van der Waals surface area contributed by atoms with E-state index >= 15 is 0 Å². The van der Waals surface area contributed by atoms with Crippen molar-refractivity contribution in [3.05, 3.63) is 84.5 Å². The van der Waals surface area contributed by atoms with Crippen LogP contribution in [0.4, 0.5) is 4.39 Å². The summed E-state index contributed by atoms with van der Waals surface area (Å²) in [5.41, 5.74) is 2.01. The molecule has 0 aliphatic rings. The van der Waals surface area contributed by atoms with Crippen LogP contribution in [0.5, 0.6) is 0 Å². The first-order valence-electron chi connectivity index (χ1n) is 7.26. The summed E-state index contributed by atoms with van der Waals surface area (Å²) in [5.74, 6) is 1.31. The minimum absolute atomic E-state index is 0.258. The number of rotatable bonds is 6. The van der Waals surface area contributed by atoms with Crippen LogP contribution in [0.25, 0.3) is 5.69 Å². The molecule has 0 spiro atoms. The molecule has 116 valence electrons. The van der Waals surface area contributed by atoms with E-state index in [0.29, 0.717) is 6.42 Å². The van der Waals surface area contributed by atoms with E-state index in [4.69, 9.17) is 0 Å². The number of hydrogen-bond donors (Lipinski definition) is 0. The van der Waals surface area contributed by atoms with E-state index in [-0.39, 0.29) is 5.82 Å². The lowest BCUT2D eigenvalue weighted by atomic mass is 10.1. The summed E-state index contributed by atoms with van der Waals surface area (Å²) in [6.07, 6.45) is 2.49. The molecule has 0 unspecified atom stereocenters. The van der Waals surface area contributed by atoms with Crippen molar-refractivity contribution in [3.63, 3.8) is 0 Å². The SMILES string of the molecule is C=CCSc1nnc(Cc2ccccc2)n1-c1ccc(F)cc1. The topological polar surface area (TPSA) is 30.7 Å². The van der Waals surface area contributed by atoms with Gasteiger partial charge in [-0.2, -0.15) is 0 Å². The van der Waals surface area contributed by atoms with Gasteiger partial charge in [0.05, 0.1) is 0 Å². The van der Waals surface area contributed by atoms with Gasteiger partial charge in [0.2, 0.25) is 0 Å². The zero-order valence-corrected chi connectivity index (χ0v) is 13.3. The first kappa shape index (κ1) is 15.5. The maximum absolute atomic E-state index is 13.2. The monoisotopic (exact) mass is 325 g/mol. The minimum Gasteiger partial charge on any atom is -0.274 e. The molecule has 3 rings (SSSR count). The molecule has 0 N–H and O–H groups in total. The van der Waals surface area contributed by atoms with Crippen molar-refractivity contribution in [3.8, 4) is 5.69 Å². The van der Waals surface area contributed by atoms with Crippen molar-refractivity contribution in [1.82, 2.24) is 14.8 Å². The summed E-state index contributed by atoms with van der Waals surface area (Å²) in [7, 11) is 0. The van der Waals surface area contributed by atoms with Crippen LogP contribution < -0.4 is 0 Å². The van der Waals surface area contributed by atoms with Gasteiger partial charge in [-0.25, -0.2) is 4.39 Å². The molecule has 5 heteroatoms. The Bertz CT molecular complexity index is 782. The highest BCUT2D eigenvalue weighted by Gasteiger charge is 2.14. The predicted molar refractivity (Wildman–Crippen MR) is 91.5 cm³/mol. The molecule has 0 aliphatic heterocycles. The second-order valence-electron chi connectivity index (χ2n) is 4.97. The van der Waals surface area contributed by atoms with Gasteiger partial charge >= 0.3 is 0 Å². The van der Waals surface area contributed by atoms with Crippen LogP contribution in [0.3, 0.4) is 0 Å². The quantitative estimate of drug-likeness (QED) is 0.501. The minimum atomic E-state index is -0.258. The van der Waals surface area contributed by atoms with Gasteiger partial charge in [-0.15, -0.1) is 16.8 Å². The molecule has 3 aromatic rings. The smallest absolute Gasteiger partial charge is 0.196 e. The Labute approximate surface area is 138 Å². The van der Waals surface area contributed by atoms with Crippen molar-refractivity contribution in [1.29, 1.82) is 0 Å². The largest absolute Gasteiger partial charge is 0.274 e. The van der Waals surface area contributed by atoms with Crippen LogP contribution in [-0.2, 0) is 6.42 Å². The van der Waals surface area contributed by atoms with Gasteiger partial charge in [0, 0.05) is 17.9 Å². The Morgan fingerprint density at radius 1 is 1.04 bits per heavy atom. The van der Waals surface area contributed by atoms with Gasteiger partial charge in [0.15, 0.2) is 5.16 Å². The first-order valence-corrected chi connectivity index (χ1v) is 8.24. The van der Waals surface area contributed by atoms with Crippen LogP contribution in [-0.4, -0.2) is 20.5 Å². The molecule has 1 aromatic heterocycles. The third kappa shape index (κ3) is 3.68. The van der Waals surface area contributed by atoms with E-state index in [9.17, 15) is 4.39 Å². The molecule has 1 heterocycles. The molecule has 0 amide bonds. The number of halogens is 1. The number of aromatic nitrogens is 3. The van der Waals surface area contributed by atoms with E-state index in [2.05, 4.69) is 28.9 Å². The van der Waals surface area contributed by atoms with E-state index < -0.39 is 0 Å². The van der Waals surface area contributed by atoms with Crippen LogP contribution in [0.15, 0.2) is 72.4 Å². The maximum Gasteiger partial charge on any atom is 0.196 e. The Morgan fingerprint density at radius 3 is 2.48 bits per heavy atom. The molecule has 23 heavy (non-hydrogen) atoms. The van der Waals surface area contributed by atoms with Crippen molar-refractivity contribution in [2.24, 2.45) is 0 Å². The van der Waals surface area contributed by atoms with Crippen LogP contribution in [0.2, 0.25) is 0 Å². The fraction of sp³-hybridized carbons (Fsp3) is 0.111. The van der Waals surface area contributed by atoms with E-state index in [1.807, 2.05) is 28.8 Å². The summed E-state index contributed by atoms with van der Waals surface area (Å²) in [4.78, 5) is 0. The molecule has 0 bridgehead atoms. The lowest BCUT2D eigenvalue weighted by molar-refractivity contribution is 0.627. The number of thioether (sulfide) groups is 1. The summed E-state index contributed by atoms with van der Waals surface area (Å²) in [6, 6.07) is 16.5. The highest BCUT2D eigenvalue weighted by molar-refractivity contribution is 7.99. The molecule has 0 radical (unpaired) electrons. The average Bonchev–Trinajstić information content (AvgIpc) is 2.97. The van der Waals surface area contributed by atoms with Gasteiger partial charge in [0.1, 0.15) is 11.6 Å². The molecule has 0 atom stereocenters. The highest BCUT2D eigenvalue weighted by Crippen LogP contribution is 2.23. The lowest BCUT2D eigenvalue weighted by Crippen LogP contribution is -2.04. The van der Waals surface area contributed by atoms with Gasteiger partial charge in [-0.1, -0.05) is 48.2 Å². The average molecular weight is 325 g/mol. The number of benzene rings is 2. The van der Waals surface area contributed by atoms with Crippen molar-refractivity contribution >= 4 is 11.8 Å². The third-order valence-corrected chi connectivity index (χ3v) is 4.25. The molecule has 0 aliphatic carbocycles. The fourth-order valence-electron chi connectivity index (χ4n) is 2.27. The van der Waals surface area contributed by atoms with Crippen LogP contribution in [0, 0.1) is 5.82 Å². The van der Waals surface area contributed by atoms with Crippen LogP contribution >= 0.6 is 11.8 Å². The normalized spacial score (nSPS) is 10.7. The van der Waals surface area contributed by atoms with Gasteiger partial charge in [-0.3, -0.25) is 4.57 Å². The van der Waals surface area contributed by atoms with Gasteiger partial charge in [-0.05, 0) is 29.8 Å². The third-order valence-electron chi connectivity index (χ3n) is 3.32. The Kier molecular flexibility index (Phi) is 4.88. The standard InChI is InChI=1S/C18H16FN3S/c1-2-12-23-18-21-20-17(13-14-6-4-3-5-7-14)22(18)16-10-8-15(19)9-11-16/h2-11H,1,12-13H2. The molecule has 3 nitrogen and oxygen atoms in total. The van der Waals surface area contributed by atoms with Crippen molar-refractivity contribution in [2.75, 3.05) is 5.75 Å². The molecular formula is C18H16FN3S. The number of nitrogens with zero attached hydrogens (tertiary/aromatic N) is 3. The molecule has 2 aromatic carbocycles. The zero-order valence-electron chi connectivity index (χ0n) is 12.5. The van der Waals surface area contributed by atoms with Gasteiger partial charge < -0.3 is 0 Å². The second-order valence-corrected chi connectivity index (χ2v) is 5.96. The molecule has 0 fully saturated rings. The summed E-state index contributed by atoms with van der Waals surface area (Å²) < 4.78 is 15.2. The zero-order chi connectivity index (χ0) is 16.1. The van der Waals surface area contributed by atoms with E-state index in [1.165, 1.54) is 12.1 Å². The predicted octanol–water partition coefficient (Wildman–Crippen LogP) is 4.28. The molecule has 0 saturated heterocycles. The molecule has 0 saturated carbocycles.